The van der Waals surface area contributed by atoms with Crippen molar-refractivity contribution < 1.29 is 18.7 Å². The van der Waals surface area contributed by atoms with E-state index in [0.717, 1.165) is 0 Å². The van der Waals surface area contributed by atoms with Crippen LogP contribution in [0.4, 0.5) is 4.39 Å². The highest BCUT2D eigenvalue weighted by Crippen LogP contribution is 2.38. The molecule has 2 atom stereocenters. The van der Waals surface area contributed by atoms with E-state index < -0.39 is 5.97 Å². The molecular weight excluding hydrogens is 307 g/mol. The predicted molar refractivity (Wildman–Crippen MR) is 80.2 cm³/mol. The Bertz CT molecular complexity index is 783. The zero-order chi connectivity index (χ0) is 15.9. The van der Waals surface area contributed by atoms with Crippen molar-refractivity contribution in [1.82, 2.24) is 9.55 Å². The molecule has 0 radical (unpaired) electrons. The lowest BCUT2D eigenvalue weighted by Crippen LogP contribution is -2.28. The molecule has 22 heavy (non-hydrogen) atoms. The molecule has 0 amide bonds. The van der Waals surface area contributed by atoms with Crippen LogP contribution in [0.5, 0.6) is 5.75 Å². The number of fused-ring (bicyclic) bond motifs is 1. The van der Waals surface area contributed by atoms with Gasteiger partial charge < -0.3 is 19.0 Å². The van der Waals surface area contributed by atoms with Crippen LogP contribution in [0.2, 0.25) is 0 Å². The largest absolute Gasteiger partial charge is 0.490 e. The number of ether oxygens (including phenoxy) is 2. The van der Waals surface area contributed by atoms with Crippen molar-refractivity contribution in [3.8, 4) is 5.75 Å². The lowest BCUT2D eigenvalue weighted by atomic mass is 9.96. The molecule has 116 valence electrons. The average molecular weight is 322 g/mol. The highest BCUT2D eigenvalue weighted by atomic mass is 32.1. The number of hydrogen-bond acceptors (Lipinski definition) is 4. The molecule has 3 rings (SSSR count). The van der Waals surface area contributed by atoms with E-state index in [-0.39, 0.29) is 18.0 Å². The summed E-state index contributed by atoms with van der Waals surface area (Å²) in [6.45, 7) is 1.92. The first-order valence-electron chi connectivity index (χ1n) is 6.85. The van der Waals surface area contributed by atoms with Gasteiger partial charge in [-0.25, -0.2) is 9.18 Å². The molecule has 1 N–H and O–H groups in total. The van der Waals surface area contributed by atoms with Crippen molar-refractivity contribution in [1.29, 1.82) is 0 Å². The highest BCUT2D eigenvalue weighted by Gasteiger charge is 2.31. The monoisotopic (exact) mass is 322 g/mol. The number of esters is 1. The number of nitrogens with zero attached hydrogens (tertiary/aromatic N) is 1. The third-order valence-corrected chi connectivity index (χ3v) is 4.05. The Morgan fingerprint density at radius 1 is 1.55 bits per heavy atom. The minimum Gasteiger partial charge on any atom is -0.490 e. The number of hydrogen-bond donors (Lipinski definition) is 1. The fourth-order valence-corrected chi connectivity index (χ4v) is 3.07. The van der Waals surface area contributed by atoms with E-state index in [9.17, 15) is 9.18 Å². The third-order valence-electron chi connectivity index (χ3n) is 3.73. The first-order valence-corrected chi connectivity index (χ1v) is 7.26. The number of benzene rings is 1. The van der Waals surface area contributed by atoms with Crippen molar-refractivity contribution in [2.75, 3.05) is 7.11 Å². The van der Waals surface area contributed by atoms with Gasteiger partial charge in [0.1, 0.15) is 17.3 Å². The molecule has 2 aromatic rings. The number of carbonyl (C=O) groups excluding carboxylic acids is 1. The first-order chi connectivity index (χ1) is 10.5. The number of aromatic amines is 1. The van der Waals surface area contributed by atoms with E-state index >= 15 is 0 Å². The van der Waals surface area contributed by atoms with Crippen LogP contribution >= 0.6 is 12.2 Å². The van der Waals surface area contributed by atoms with Gasteiger partial charge in [-0.3, -0.25) is 0 Å². The van der Waals surface area contributed by atoms with E-state index in [2.05, 4.69) is 4.98 Å². The average Bonchev–Trinajstić information content (AvgIpc) is 2.87. The Balaban J connectivity index is 2.18. The molecule has 1 aliphatic heterocycles. The fraction of sp³-hybridized carbons (Fsp3) is 0.333. The summed E-state index contributed by atoms with van der Waals surface area (Å²) in [6.07, 6.45) is 2.00. The van der Waals surface area contributed by atoms with Crippen LogP contribution in [-0.4, -0.2) is 28.7 Å². The minimum absolute atomic E-state index is 0.0785. The van der Waals surface area contributed by atoms with Crippen LogP contribution in [-0.2, 0) is 4.74 Å². The zero-order valence-corrected chi connectivity index (χ0v) is 12.9. The van der Waals surface area contributed by atoms with Gasteiger partial charge in [0, 0.05) is 18.2 Å². The Morgan fingerprint density at radius 3 is 3.05 bits per heavy atom. The van der Waals surface area contributed by atoms with Crippen LogP contribution in [0.3, 0.4) is 0 Å². The lowest BCUT2D eigenvalue weighted by Gasteiger charge is -2.31. The summed E-state index contributed by atoms with van der Waals surface area (Å²) in [5.74, 6) is -0.253. The number of rotatable bonds is 2. The lowest BCUT2D eigenvalue weighted by molar-refractivity contribution is 0.0583. The number of imidazole rings is 1. The second-order valence-electron chi connectivity index (χ2n) is 5.20. The molecule has 0 bridgehead atoms. The molecule has 5 nitrogen and oxygen atoms in total. The van der Waals surface area contributed by atoms with Gasteiger partial charge in [-0.2, -0.15) is 0 Å². The molecule has 0 fully saturated rings. The summed E-state index contributed by atoms with van der Waals surface area (Å²) in [4.78, 5) is 14.8. The number of nitrogens with one attached hydrogen (secondary N) is 1. The molecule has 1 aromatic carbocycles. The normalized spacial score (nSPS) is 20.1. The van der Waals surface area contributed by atoms with Gasteiger partial charge in [-0.1, -0.05) is 0 Å². The Morgan fingerprint density at radius 2 is 2.32 bits per heavy atom. The van der Waals surface area contributed by atoms with Gasteiger partial charge in [0.05, 0.1) is 19.3 Å². The summed E-state index contributed by atoms with van der Waals surface area (Å²) >= 11 is 5.29. The molecule has 1 aliphatic rings. The molecule has 0 saturated carbocycles. The molecule has 0 aliphatic carbocycles. The minimum atomic E-state index is -0.496. The third kappa shape index (κ3) is 2.41. The molecular formula is C15H15FN2O3S. The maximum Gasteiger partial charge on any atom is 0.356 e. The van der Waals surface area contributed by atoms with E-state index in [4.69, 9.17) is 21.7 Å². The fourth-order valence-electron chi connectivity index (χ4n) is 2.79. The maximum absolute atomic E-state index is 13.6. The van der Waals surface area contributed by atoms with Gasteiger partial charge in [0.2, 0.25) is 0 Å². The van der Waals surface area contributed by atoms with Crippen molar-refractivity contribution in [3.63, 3.8) is 0 Å². The van der Waals surface area contributed by atoms with E-state index in [1.807, 2.05) is 6.92 Å². The smallest absolute Gasteiger partial charge is 0.356 e. The number of aromatic nitrogens is 2. The van der Waals surface area contributed by atoms with Gasteiger partial charge in [0.25, 0.3) is 0 Å². The van der Waals surface area contributed by atoms with E-state index in [1.54, 1.807) is 10.6 Å². The van der Waals surface area contributed by atoms with Crippen LogP contribution in [0.15, 0.2) is 24.4 Å². The predicted octanol–water partition coefficient (Wildman–Crippen LogP) is 3.23. The van der Waals surface area contributed by atoms with Crippen LogP contribution in [0.25, 0.3) is 0 Å². The Kier molecular flexibility index (Phi) is 3.74. The second-order valence-corrected chi connectivity index (χ2v) is 5.59. The van der Waals surface area contributed by atoms with E-state index in [1.165, 1.54) is 25.4 Å². The first kappa shape index (κ1) is 14.8. The standard InChI is InChI=1S/C15H15FN2O3S/c1-8-5-11(10-6-9(16)3-4-13(10)21-8)18-12(14(19)20-2)7-17-15(18)22/h3-4,6-8,11H,5H2,1-2H3,(H,17,22)/t8-,11-/m0/s1. The van der Waals surface area contributed by atoms with Gasteiger partial charge in [-0.15, -0.1) is 0 Å². The van der Waals surface area contributed by atoms with Crippen molar-refractivity contribution in [2.45, 2.75) is 25.5 Å². The van der Waals surface area contributed by atoms with Crippen molar-refractivity contribution >= 4 is 18.2 Å². The van der Waals surface area contributed by atoms with Crippen molar-refractivity contribution in [2.24, 2.45) is 0 Å². The highest BCUT2D eigenvalue weighted by molar-refractivity contribution is 7.71. The SMILES string of the molecule is COC(=O)c1c[nH]c(=S)n1[C@H]1C[C@H](C)Oc2ccc(F)cc21. The number of H-pyrrole nitrogens is 1. The van der Waals surface area contributed by atoms with Crippen LogP contribution in [0, 0.1) is 10.6 Å². The molecule has 0 unspecified atom stereocenters. The maximum atomic E-state index is 13.6. The van der Waals surface area contributed by atoms with Gasteiger partial charge >= 0.3 is 5.97 Å². The summed E-state index contributed by atoms with van der Waals surface area (Å²) < 4.78 is 26.2. The van der Waals surface area contributed by atoms with Crippen LogP contribution in [0.1, 0.15) is 35.4 Å². The van der Waals surface area contributed by atoms with Gasteiger partial charge in [-0.05, 0) is 37.3 Å². The quantitative estimate of drug-likeness (QED) is 0.681. The zero-order valence-electron chi connectivity index (χ0n) is 12.1. The van der Waals surface area contributed by atoms with Crippen LogP contribution < -0.4 is 4.74 Å². The molecule has 2 heterocycles. The summed E-state index contributed by atoms with van der Waals surface area (Å²) in [7, 11) is 1.31. The summed E-state index contributed by atoms with van der Waals surface area (Å²) in [5, 5.41) is 0. The number of methoxy groups -OCH3 is 1. The number of halogens is 1. The molecule has 0 spiro atoms. The number of carbonyl (C=O) groups is 1. The van der Waals surface area contributed by atoms with Crippen molar-refractivity contribution in [3.05, 3.63) is 46.2 Å². The Labute approximate surface area is 131 Å². The molecule has 1 aromatic heterocycles. The molecule has 0 saturated heterocycles. The second kappa shape index (κ2) is 5.57. The summed E-state index contributed by atoms with van der Waals surface area (Å²) in [6, 6.07) is 4.08. The summed E-state index contributed by atoms with van der Waals surface area (Å²) in [5.41, 5.74) is 0.973. The topological polar surface area (TPSA) is 56.2 Å². The Hall–Kier alpha value is -2.15. The van der Waals surface area contributed by atoms with E-state index in [0.29, 0.717) is 28.2 Å². The molecule has 7 heteroatoms. The van der Waals surface area contributed by atoms with Gasteiger partial charge in [0.15, 0.2) is 4.77 Å².